The standard InChI is InChI=1S/C13H25NO4/c15-10-12(11-16)5-9-18-13(17)4-3-8-14-6-1-2-7-14/h12,15-16H,1-11H2. The van der Waals surface area contributed by atoms with E-state index in [-0.39, 0.29) is 31.7 Å². The molecule has 0 spiro atoms. The maximum atomic E-state index is 11.4. The molecular weight excluding hydrogens is 234 g/mol. The fourth-order valence-electron chi connectivity index (χ4n) is 2.11. The highest BCUT2D eigenvalue weighted by Crippen LogP contribution is 2.08. The van der Waals surface area contributed by atoms with Gasteiger partial charge in [-0.1, -0.05) is 0 Å². The van der Waals surface area contributed by atoms with Crippen molar-refractivity contribution < 1.29 is 19.7 Å². The van der Waals surface area contributed by atoms with Crippen LogP contribution in [-0.2, 0) is 9.53 Å². The number of ether oxygens (including phenoxy) is 1. The minimum atomic E-state index is -0.178. The number of carbonyl (C=O) groups is 1. The lowest BCUT2D eigenvalue weighted by atomic mass is 10.1. The van der Waals surface area contributed by atoms with Crippen LogP contribution in [0.15, 0.2) is 0 Å². The number of aliphatic hydroxyl groups is 2. The van der Waals surface area contributed by atoms with Crippen LogP contribution in [0.25, 0.3) is 0 Å². The Balaban J connectivity index is 1.96. The number of rotatable bonds is 9. The first-order chi connectivity index (χ1) is 8.76. The Hall–Kier alpha value is -0.650. The van der Waals surface area contributed by atoms with Gasteiger partial charge in [-0.2, -0.15) is 0 Å². The summed E-state index contributed by atoms with van der Waals surface area (Å²) >= 11 is 0. The molecule has 0 unspecified atom stereocenters. The van der Waals surface area contributed by atoms with E-state index in [1.165, 1.54) is 12.8 Å². The summed E-state index contributed by atoms with van der Waals surface area (Å²) in [5.74, 6) is -0.355. The van der Waals surface area contributed by atoms with Gasteiger partial charge in [-0.25, -0.2) is 0 Å². The highest BCUT2D eigenvalue weighted by Gasteiger charge is 2.12. The second-order valence-corrected chi connectivity index (χ2v) is 4.89. The molecule has 0 radical (unpaired) electrons. The first kappa shape index (κ1) is 15.4. The van der Waals surface area contributed by atoms with E-state index >= 15 is 0 Å². The molecule has 0 bridgehead atoms. The second-order valence-electron chi connectivity index (χ2n) is 4.89. The molecular formula is C13H25NO4. The molecule has 5 heteroatoms. The summed E-state index contributed by atoms with van der Waals surface area (Å²) in [5.41, 5.74) is 0. The van der Waals surface area contributed by atoms with Crippen LogP contribution in [0.2, 0.25) is 0 Å². The molecule has 1 rings (SSSR count). The summed E-state index contributed by atoms with van der Waals surface area (Å²) in [5, 5.41) is 17.7. The van der Waals surface area contributed by atoms with Crippen molar-refractivity contribution in [1.82, 2.24) is 4.90 Å². The third kappa shape index (κ3) is 6.33. The van der Waals surface area contributed by atoms with Crippen molar-refractivity contribution in [3.63, 3.8) is 0 Å². The minimum Gasteiger partial charge on any atom is -0.466 e. The van der Waals surface area contributed by atoms with Crippen molar-refractivity contribution in [2.45, 2.75) is 32.1 Å². The van der Waals surface area contributed by atoms with E-state index in [2.05, 4.69) is 4.90 Å². The van der Waals surface area contributed by atoms with E-state index in [0.717, 1.165) is 26.1 Å². The van der Waals surface area contributed by atoms with E-state index in [1.54, 1.807) is 0 Å². The van der Waals surface area contributed by atoms with Crippen LogP contribution in [-0.4, -0.2) is 60.5 Å². The zero-order chi connectivity index (χ0) is 13.2. The van der Waals surface area contributed by atoms with E-state index in [4.69, 9.17) is 14.9 Å². The van der Waals surface area contributed by atoms with Gasteiger partial charge in [0.25, 0.3) is 0 Å². The van der Waals surface area contributed by atoms with Crippen LogP contribution in [0.1, 0.15) is 32.1 Å². The van der Waals surface area contributed by atoms with Crippen LogP contribution in [0.3, 0.4) is 0 Å². The van der Waals surface area contributed by atoms with Gasteiger partial charge in [-0.3, -0.25) is 4.79 Å². The summed E-state index contributed by atoms with van der Waals surface area (Å²) < 4.78 is 5.06. The zero-order valence-electron chi connectivity index (χ0n) is 11.0. The first-order valence-electron chi connectivity index (χ1n) is 6.86. The van der Waals surface area contributed by atoms with Gasteiger partial charge in [0, 0.05) is 25.6 Å². The molecule has 5 nitrogen and oxygen atoms in total. The fourth-order valence-corrected chi connectivity index (χ4v) is 2.11. The molecule has 1 saturated heterocycles. The number of hydrogen-bond donors (Lipinski definition) is 2. The van der Waals surface area contributed by atoms with Crippen LogP contribution < -0.4 is 0 Å². The molecule has 2 N–H and O–H groups in total. The average Bonchev–Trinajstić information content (AvgIpc) is 2.88. The predicted octanol–water partition coefficient (Wildman–Crippen LogP) is 0.397. The molecule has 0 aromatic rings. The molecule has 1 aliphatic rings. The molecule has 18 heavy (non-hydrogen) atoms. The third-order valence-electron chi connectivity index (χ3n) is 3.36. The average molecular weight is 259 g/mol. The fraction of sp³-hybridized carbons (Fsp3) is 0.923. The molecule has 1 fully saturated rings. The van der Waals surface area contributed by atoms with Crippen molar-refractivity contribution >= 4 is 5.97 Å². The van der Waals surface area contributed by atoms with Gasteiger partial charge in [-0.05, 0) is 45.3 Å². The van der Waals surface area contributed by atoms with Crippen molar-refractivity contribution in [3.8, 4) is 0 Å². The third-order valence-corrected chi connectivity index (χ3v) is 3.36. The maximum Gasteiger partial charge on any atom is 0.305 e. The molecule has 0 aromatic heterocycles. The van der Waals surface area contributed by atoms with Crippen LogP contribution >= 0.6 is 0 Å². The Morgan fingerprint density at radius 2 is 1.89 bits per heavy atom. The van der Waals surface area contributed by atoms with E-state index in [9.17, 15) is 4.79 Å². The summed E-state index contributed by atoms with van der Waals surface area (Å²) in [6.07, 6.45) is 4.37. The lowest BCUT2D eigenvalue weighted by Gasteiger charge is -2.14. The monoisotopic (exact) mass is 259 g/mol. The topological polar surface area (TPSA) is 70.0 Å². The number of nitrogens with zero attached hydrogens (tertiary/aromatic N) is 1. The predicted molar refractivity (Wildman–Crippen MR) is 68.1 cm³/mol. The Bertz CT molecular complexity index is 215. The summed E-state index contributed by atoms with van der Waals surface area (Å²) in [6, 6.07) is 0. The quantitative estimate of drug-likeness (QED) is 0.586. The Morgan fingerprint density at radius 3 is 2.50 bits per heavy atom. The van der Waals surface area contributed by atoms with E-state index < -0.39 is 0 Å². The molecule has 0 aliphatic carbocycles. The van der Waals surface area contributed by atoms with Crippen LogP contribution in [0.4, 0.5) is 0 Å². The molecule has 0 amide bonds. The largest absolute Gasteiger partial charge is 0.466 e. The van der Waals surface area contributed by atoms with E-state index in [0.29, 0.717) is 12.8 Å². The lowest BCUT2D eigenvalue weighted by Crippen LogP contribution is -2.21. The Morgan fingerprint density at radius 1 is 1.22 bits per heavy atom. The molecule has 106 valence electrons. The number of esters is 1. The van der Waals surface area contributed by atoms with Gasteiger partial charge in [0.15, 0.2) is 0 Å². The number of aliphatic hydroxyl groups excluding tert-OH is 2. The van der Waals surface area contributed by atoms with E-state index in [1.807, 2.05) is 0 Å². The number of likely N-dealkylation sites (tertiary alicyclic amines) is 1. The van der Waals surface area contributed by atoms with Crippen molar-refractivity contribution in [1.29, 1.82) is 0 Å². The van der Waals surface area contributed by atoms with Crippen LogP contribution in [0, 0.1) is 5.92 Å². The summed E-state index contributed by atoms with van der Waals surface area (Å²) in [7, 11) is 0. The smallest absolute Gasteiger partial charge is 0.305 e. The maximum absolute atomic E-state index is 11.4. The van der Waals surface area contributed by atoms with Gasteiger partial charge in [-0.15, -0.1) is 0 Å². The van der Waals surface area contributed by atoms with Crippen LogP contribution in [0.5, 0.6) is 0 Å². The zero-order valence-corrected chi connectivity index (χ0v) is 11.0. The normalized spacial score (nSPS) is 16.4. The molecule has 0 saturated carbocycles. The Labute approximate surface area is 109 Å². The van der Waals surface area contributed by atoms with Crippen molar-refractivity contribution in [3.05, 3.63) is 0 Å². The van der Waals surface area contributed by atoms with Gasteiger partial charge >= 0.3 is 5.97 Å². The highest BCUT2D eigenvalue weighted by atomic mass is 16.5. The molecule has 0 aromatic carbocycles. The number of carbonyl (C=O) groups excluding carboxylic acids is 1. The van der Waals surface area contributed by atoms with Crippen molar-refractivity contribution in [2.24, 2.45) is 5.92 Å². The van der Waals surface area contributed by atoms with Gasteiger partial charge in [0.05, 0.1) is 6.61 Å². The second kappa shape index (κ2) is 9.30. The highest BCUT2D eigenvalue weighted by molar-refractivity contribution is 5.69. The first-order valence-corrected chi connectivity index (χ1v) is 6.86. The summed E-state index contributed by atoms with van der Waals surface area (Å²) in [4.78, 5) is 13.8. The Kier molecular flexibility index (Phi) is 7.96. The molecule has 1 heterocycles. The number of hydrogen-bond acceptors (Lipinski definition) is 5. The molecule has 1 aliphatic heterocycles. The molecule has 0 atom stereocenters. The van der Waals surface area contributed by atoms with Crippen molar-refractivity contribution in [2.75, 3.05) is 39.5 Å². The minimum absolute atomic E-state index is 0.0665. The lowest BCUT2D eigenvalue weighted by molar-refractivity contribution is -0.144. The SMILES string of the molecule is O=C(CCCN1CCCC1)OCCC(CO)CO. The van der Waals surface area contributed by atoms with Gasteiger partial charge in [0.1, 0.15) is 0 Å². The van der Waals surface area contributed by atoms with Gasteiger partial charge < -0.3 is 19.8 Å². The summed E-state index contributed by atoms with van der Waals surface area (Å²) in [6.45, 7) is 3.44. The van der Waals surface area contributed by atoms with Gasteiger partial charge in [0.2, 0.25) is 0 Å².